The number of likely N-dealkylation sites (N-methyl/N-ethyl adjacent to an activating group) is 1. The Morgan fingerprint density at radius 2 is 1.30 bits per heavy atom. The van der Waals surface area contributed by atoms with Gasteiger partial charge >= 0.3 is 0 Å². The van der Waals surface area contributed by atoms with Crippen LogP contribution in [0.2, 0.25) is 0 Å². The van der Waals surface area contributed by atoms with Gasteiger partial charge in [0.1, 0.15) is 11.9 Å². The molecule has 2 aliphatic rings. The summed E-state index contributed by atoms with van der Waals surface area (Å²) in [4.78, 5) is 59.9. The zero-order valence-electron chi connectivity index (χ0n) is 39.4. The molecule has 2 aliphatic heterocycles. The molecule has 0 spiro atoms. The summed E-state index contributed by atoms with van der Waals surface area (Å²) in [5.74, 6) is 1.65. The first-order valence-corrected chi connectivity index (χ1v) is 23.2. The van der Waals surface area contributed by atoms with Gasteiger partial charge in [-0.05, 0) is 85.4 Å². The lowest BCUT2D eigenvalue weighted by Crippen LogP contribution is -2.44. The molecule has 0 radical (unpaired) electrons. The molecule has 3 amide bonds. The van der Waals surface area contributed by atoms with Crippen LogP contribution in [0.5, 0.6) is 5.75 Å². The molecule has 8 aromatic rings. The number of piperazine rings is 1. The van der Waals surface area contributed by atoms with Gasteiger partial charge in [0.05, 0.1) is 23.3 Å². The highest BCUT2D eigenvalue weighted by Crippen LogP contribution is 2.32. The molecule has 0 bridgehead atoms. The third-order valence-electron chi connectivity index (χ3n) is 12.1. The summed E-state index contributed by atoms with van der Waals surface area (Å²) < 4.78 is 6.04. The number of H-pyrrole nitrogens is 1. The Labute approximate surface area is 410 Å². The average Bonchev–Trinajstić information content (AvgIpc) is 4.07. The van der Waals surface area contributed by atoms with Gasteiger partial charge in [0.25, 0.3) is 0 Å². The van der Waals surface area contributed by atoms with Gasteiger partial charge in [-0.3, -0.25) is 19.5 Å². The second-order valence-electron chi connectivity index (χ2n) is 17.1. The van der Waals surface area contributed by atoms with Gasteiger partial charge in [0, 0.05) is 109 Å². The van der Waals surface area contributed by atoms with Crippen LogP contribution in [0.1, 0.15) is 13.3 Å². The van der Waals surface area contributed by atoms with Crippen molar-refractivity contribution in [1.82, 2.24) is 39.9 Å². The molecule has 0 aliphatic carbocycles. The van der Waals surface area contributed by atoms with Crippen molar-refractivity contribution in [2.75, 3.05) is 72.5 Å². The Balaban J connectivity index is 0.000000176. The summed E-state index contributed by atoms with van der Waals surface area (Å²) in [5, 5.41) is 21.0. The van der Waals surface area contributed by atoms with E-state index in [2.05, 4.69) is 95.7 Å². The van der Waals surface area contributed by atoms with E-state index in [-0.39, 0.29) is 23.8 Å². The molecule has 5 heterocycles. The SMILES string of the molecule is C=CC(=O)Nc1cc(-c2cccc3cnc(Nc4ccc(N5CCN(C)CC5)cc4)nc23)[nH]n1.C=CC(=O)Nc1cccc(-c2cccc3cnc(Nc4ccc(OC5CCN(C(C)=O)C5)cc4)nc23)c1. The number of nitrogens with zero attached hydrogens (tertiary/aromatic N) is 8. The molecule has 10 rings (SSSR count). The zero-order chi connectivity index (χ0) is 49.3. The number of nitrogens with one attached hydrogen (secondary N) is 5. The van der Waals surface area contributed by atoms with Crippen molar-refractivity contribution in [2.24, 2.45) is 0 Å². The smallest absolute Gasteiger partial charge is 0.248 e. The number of aromatic nitrogens is 6. The van der Waals surface area contributed by atoms with Crippen LogP contribution >= 0.6 is 0 Å². The van der Waals surface area contributed by atoms with Gasteiger partial charge in [-0.1, -0.05) is 61.7 Å². The van der Waals surface area contributed by atoms with Crippen LogP contribution in [0.15, 0.2) is 153 Å². The van der Waals surface area contributed by atoms with Crippen molar-refractivity contribution in [3.63, 3.8) is 0 Å². The van der Waals surface area contributed by atoms with Crippen LogP contribution < -0.4 is 30.9 Å². The second-order valence-corrected chi connectivity index (χ2v) is 17.1. The molecule has 5 N–H and O–H groups in total. The zero-order valence-corrected chi connectivity index (χ0v) is 39.4. The maximum Gasteiger partial charge on any atom is 0.248 e. The van der Waals surface area contributed by atoms with Gasteiger partial charge in [-0.2, -0.15) is 5.10 Å². The van der Waals surface area contributed by atoms with Crippen LogP contribution in [0.3, 0.4) is 0 Å². The Bertz CT molecular complexity index is 3220. The predicted molar refractivity (Wildman–Crippen MR) is 280 cm³/mol. The number of hydrogen-bond acceptors (Lipinski definition) is 13. The fourth-order valence-corrected chi connectivity index (χ4v) is 8.34. The summed E-state index contributed by atoms with van der Waals surface area (Å²) in [6.07, 6.45) is 6.87. The number of hydrogen-bond donors (Lipinski definition) is 5. The molecule has 3 aromatic heterocycles. The van der Waals surface area contributed by atoms with Crippen molar-refractivity contribution in [3.05, 3.63) is 153 Å². The quantitative estimate of drug-likeness (QED) is 0.0688. The molecule has 0 saturated carbocycles. The molecule has 2 saturated heterocycles. The maximum absolute atomic E-state index is 11.7. The number of fused-ring (bicyclic) bond motifs is 2. The van der Waals surface area contributed by atoms with E-state index in [1.54, 1.807) is 30.3 Å². The molecular weight excluding hydrogens is 895 g/mol. The lowest BCUT2D eigenvalue weighted by molar-refractivity contribution is -0.128. The van der Waals surface area contributed by atoms with Gasteiger partial charge in [-0.25, -0.2) is 19.9 Å². The number of para-hydroxylation sites is 2. The van der Waals surface area contributed by atoms with E-state index in [0.29, 0.717) is 29.9 Å². The van der Waals surface area contributed by atoms with Crippen LogP contribution in [0.25, 0.3) is 44.2 Å². The van der Waals surface area contributed by atoms with Gasteiger partial charge in [-0.15, -0.1) is 0 Å². The van der Waals surface area contributed by atoms with Crippen LogP contribution in [-0.2, 0) is 14.4 Å². The van der Waals surface area contributed by atoms with E-state index in [1.165, 1.54) is 17.8 Å². The molecule has 1 unspecified atom stereocenters. The molecule has 358 valence electrons. The minimum atomic E-state index is -0.316. The summed E-state index contributed by atoms with van der Waals surface area (Å²) in [6.45, 7) is 14.1. The fourth-order valence-electron chi connectivity index (χ4n) is 8.34. The number of likely N-dealkylation sites (tertiary alicyclic amines) is 1. The molecular formula is C54H53N13O4. The Kier molecular flexibility index (Phi) is 14.3. The lowest BCUT2D eigenvalue weighted by atomic mass is 10.0. The predicted octanol–water partition coefficient (Wildman–Crippen LogP) is 8.80. The van der Waals surface area contributed by atoms with E-state index < -0.39 is 0 Å². The number of benzene rings is 5. The van der Waals surface area contributed by atoms with Gasteiger partial charge in [0.2, 0.25) is 29.6 Å². The number of carbonyl (C=O) groups is 3. The number of amides is 3. The summed E-state index contributed by atoms with van der Waals surface area (Å²) in [6, 6.07) is 37.1. The highest BCUT2D eigenvalue weighted by Gasteiger charge is 2.25. The van der Waals surface area contributed by atoms with Crippen LogP contribution in [0, 0.1) is 0 Å². The minimum Gasteiger partial charge on any atom is -0.489 e. The Morgan fingerprint density at radius 3 is 1.93 bits per heavy atom. The second kappa shape index (κ2) is 21.6. The maximum atomic E-state index is 11.7. The lowest BCUT2D eigenvalue weighted by Gasteiger charge is -2.34. The number of aromatic amines is 1. The third-order valence-corrected chi connectivity index (χ3v) is 12.1. The highest BCUT2D eigenvalue weighted by molar-refractivity contribution is 6.01. The van der Waals surface area contributed by atoms with E-state index in [9.17, 15) is 14.4 Å². The van der Waals surface area contributed by atoms with Crippen LogP contribution in [-0.4, -0.2) is 110 Å². The Morgan fingerprint density at radius 1 is 0.690 bits per heavy atom. The highest BCUT2D eigenvalue weighted by atomic mass is 16.5. The first-order chi connectivity index (χ1) is 34.6. The van der Waals surface area contributed by atoms with E-state index >= 15 is 0 Å². The monoisotopic (exact) mass is 947 g/mol. The number of anilines is 7. The van der Waals surface area contributed by atoms with E-state index in [1.807, 2.05) is 84.9 Å². The fraction of sp³-hybridized carbons (Fsp3) is 0.185. The molecule has 1 atom stereocenters. The van der Waals surface area contributed by atoms with Gasteiger partial charge in [0.15, 0.2) is 5.82 Å². The molecule has 17 heteroatoms. The summed E-state index contributed by atoms with van der Waals surface area (Å²) >= 11 is 0. The van der Waals surface area contributed by atoms with Crippen molar-refractivity contribution in [1.29, 1.82) is 0 Å². The van der Waals surface area contributed by atoms with Crippen molar-refractivity contribution >= 4 is 80.0 Å². The average molecular weight is 948 g/mol. The summed E-state index contributed by atoms with van der Waals surface area (Å²) in [7, 11) is 2.16. The standard InChI is InChI=1S/C29H27N5O3.C25H26N8O/c1-3-27(36)31-23-8-4-6-20(16-23)26-9-5-7-21-17-30-29(33-28(21)26)32-22-10-12-24(13-11-22)37-25-14-15-34(18-25)19(2)35;1-3-23(34)28-22-15-21(30-31-22)20-6-4-5-17-16-26-25(29-24(17)20)27-18-7-9-19(10-8-18)33-13-11-32(2)12-14-33/h3-13,16-17,25H,1,14-15,18H2,2H3,(H,31,36)(H,30,32,33);3-10,15-16H,1,11-14H2,2H3,(H,26,27,29)(H2,28,30,31,34). The first-order valence-electron chi connectivity index (χ1n) is 23.2. The van der Waals surface area contributed by atoms with E-state index in [4.69, 9.17) is 14.7 Å². The number of carbonyl (C=O) groups excluding carboxylic acids is 3. The topological polar surface area (TPSA) is 199 Å². The van der Waals surface area contributed by atoms with Crippen molar-refractivity contribution < 1.29 is 19.1 Å². The molecule has 71 heavy (non-hydrogen) atoms. The normalized spacial score (nSPS) is 14.5. The van der Waals surface area contributed by atoms with Crippen molar-refractivity contribution in [3.8, 4) is 28.1 Å². The van der Waals surface area contributed by atoms with Crippen molar-refractivity contribution in [2.45, 2.75) is 19.4 Å². The van der Waals surface area contributed by atoms with Gasteiger partial charge < -0.3 is 40.7 Å². The van der Waals surface area contributed by atoms with E-state index in [0.717, 1.165) is 100 Å². The molecule has 17 nitrogen and oxygen atoms in total. The Hall–Kier alpha value is -8.96. The molecule has 2 fully saturated rings. The minimum absolute atomic E-state index is 0.00791. The largest absolute Gasteiger partial charge is 0.489 e. The summed E-state index contributed by atoms with van der Waals surface area (Å²) in [5.41, 5.74) is 8.68. The number of ether oxygens (including phenoxy) is 1. The third kappa shape index (κ3) is 11.7. The number of rotatable bonds is 13. The first kappa shape index (κ1) is 47.1. The van der Waals surface area contributed by atoms with Crippen LogP contribution in [0.4, 0.5) is 40.5 Å². The molecule has 5 aromatic carbocycles.